The molecule has 0 aliphatic rings. The summed E-state index contributed by atoms with van der Waals surface area (Å²) in [7, 11) is 1.60. The molecule has 0 saturated carbocycles. The number of aromatic nitrogens is 1. The number of methoxy groups -OCH3 is 1. The topological polar surface area (TPSA) is 97.2 Å². The molecule has 6 aromatic rings. The third-order valence-electron chi connectivity index (χ3n) is 7.46. The normalized spacial score (nSPS) is 10.9. The molecule has 0 spiro atoms. The van der Waals surface area contributed by atoms with Crippen molar-refractivity contribution < 1.29 is 14.3 Å². The predicted octanol–water partition coefficient (Wildman–Crippen LogP) is 8.02. The lowest BCUT2D eigenvalue weighted by molar-refractivity contribution is 0.0952. The molecule has 0 aliphatic heterocycles. The van der Waals surface area contributed by atoms with Crippen molar-refractivity contribution in [2.75, 3.05) is 12.8 Å². The van der Waals surface area contributed by atoms with E-state index in [2.05, 4.69) is 38.4 Å². The molecule has 7 heteroatoms. The number of nitrogens with two attached hydrogens (primary N) is 1. The monoisotopic (exact) mass is 629 g/mol. The molecule has 0 atom stereocenters. The van der Waals surface area contributed by atoms with Crippen molar-refractivity contribution in [3.05, 3.63) is 142 Å². The fraction of sp³-hybridized carbons (Fsp3) is 0.0556. The summed E-state index contributed by atoms with van der Waals surface area (Å²) in [6.45, 7) is 0.289. The molecular formula is C36H28BrN3O3. The molecular weight excluding hydrogens is 602 g/mol. The largest absolute Gasteiger partial charge is 0.497 e. The number of nitrogens with one attached hydrogen (secondary N) is 2. The van der Waals surface area contributed by atoms with Gasteiger partial charge in [0.15, 0.2) is 0 Å². The van der Waals surface area contributed by atoms with Crippen molar-refractivity contribution in [3.63, 3.8) is 0 Å². The van der Waals surface area contributed by atoms with Gasteiger partial charge < -0.3 is 20.8 Å². The Bertz CT molecular complexity index is 1950. The zero-order chi connectivity index (χ0) is 29.9. The molecule has 0 radical (unpaired) electrons. The van der Waals surface area contributed by atoms with Crippen LogP contribution in [0.15, 0.2) is 120 Å². The number of H-pyrrole nitrogens is 1. The minimum atomic E-state index is -0.384. The van der Waals surface area contributed by atoms with Crippen LogP contribution in [0.2, 0.25) is 0 Å². The number of carbonyl (C=O) groups excluding carboxylic acids is 2. The number of hydrogen-bond acceptors (Lipinski definition) is 4. The average molecular weight is 631 g/mol. The van der Waals surface area contributed by atoms with E-state index in [0.29, 0.717) is 22.4 Å². The fourth-order valence-corrected chi connectivity index (χ4v) is 5.52. The van der Waals surface area contributed by atoms with Crippen LogP contribution in [-0.4, -0.2) is 23.8 Å². The number of nitrogen functional groups attached to an aromatic ring is 1. The van der Waals surface area contributed by atoms with Gasteiger partial charge in [-0.15, -0.1) is 0 Å². The number of carbonyl (C=O) groups is 2. The number of benzene rings is 5. The standard InChI is InChI=1S/C36H28BrN3O3/c1-43-28-19-16-25-8-5-9-29(30(25)20-28)31-32(35(38)40-33(31)34(41)26-14-17-27(37)18-15-26)36(42)39-21-22-10-12-24(13-11-22)23-6-3-2-4-7-23/h2-20,40H,21,38H2,1H3,(H,39,42). The van der Waals surface area contributed by atoms with Gasteiger partial charge in [0.25, 0.3) is 5.91 Å². The first-order chi connectivity index (χ1) is 20.9. The van der Waals surface area contributed by atoms with Crippen LogP contribution in [0, 0.1) is 0 Å². The lowest BCUT2D eigenvalue weighted by Crippen LogP contribution is -2.24. The van der Waals surface area contributed by atoms with Crippen LogP contribution in [0.5, 0.6) is 5.75 Å². The molecule has 1 amide bonds. The Morgan fingerprint density at radius 1 is 0.837 bits per heavy atom. The molecule has 212 valence electrons. The van der Waals surface area contributed by atoms with Crippen molar-refractivity contribution in [1.82, 2.24) is 10.3 Å². The van der Waals surface area contributed by atoms with E-state index in [1.165, 1.54) is 0 Å². The molecule has 1 heterocycles. The van der Waals surface area contributed by atoms with E-state index in [4.69, 9.17) is 10.5 Å². The van der Waals surface area contributed by atoms with E-state index in [1.807, 2.05) is 78.9 Å². The number of ketones is 1. The number of halogens is 1. The Kier molecular flexibility index (Phi) is 7.81. The van der Waals surface area contributed by atoms with Crippen LogP contribution < -0.4 is 15.8 Å². The highest BCUT2D eigenvalue weighted by molar-refractivity contribution is 9.10. The van der Waals surface area contributed by atoms with Crippen molar-refractivity contribution in [2.45, 2.75) is 6.54 Å². The van der Waals surface area contributed by atoms with Gasteiger partial charge in [-0.1, -0.05) is 94.8 Å². The van der Waals surface area contributed by atoms with Gasteiger partial charge in [0.05, 0.1) is 18.4 Å². The Morgan fingerprint density at radius 3 is 2.28 bits per heavy atom. The first kappa shape index (κ1) is 28.0. The van der Waals surface area contributed by atoms with E-state index >= 15 is 0 Å². The summed E-state index contributed by atoms with van der Waals surface area (Å²) in [5, 5.41) is 4.78. The highest BCUT2D eigenvalue weighted by Crippen LogP contribution is 2.39. The Balaban J connectivity index is 1.40. The number of ether oxygens (including phenoxy) is 1. The summed E-state index contributed by atoms with van der Waals surface area (Å²) in [5.74, 6) is 0.122. The Labute approximate surface area is 257 Å². The summed E-state index contributed by atoms with van der Waals surface area (Å²) < 4.78 is 6.35. The van der Waals surface area contributed by atoms with E-state index in [1.54, 1.807) is 31.4 Å². The molecule has 0 unspecified atom stereocenters. The van der Waals surface area contributed by atoms with Gasteiger partial charge in [0.2, 0.25) is 5.78 Å². The quantitative estimate of drug-likeness (QED) is 0.149. The zero-order valence-corrected chi connectivity index (χ0v) is 24.9. The minimum Gasteiger partial charge on any atom is -0.497 e. The average Bonchev–Trinajstić information content (AvgIpc) is 3.40. The second-order valence-electron chi connectivity index (χ2n) is 10.1. The highest BCUT2D eigenvalue weighted by atomic mass is 79.9. The summed E-state index contributed by atoms with van der Waals surface area (Å²) >= 11 is 3.43. The van der Waals surface area contributed by atoms with Gasteiger partial charge >= 0.3 is 0 Å². The lowest BCUT2D eigenvalue weighted by atomic mass is 9.92. The Hall–Kier alpha value is -5.14. The Morgan fingerprint density at radius 2 is 1.56 bits per heavy atom. The third kappa shape index (κ3) is 5.67. The van der Waals surface area contributed by atoms with E-state index < -0.39 is 0 Å². The van der Waals surface area contributed by atoms with E-state index in [-0.39, 0.29) is 35.3 Å². The van der Waals surface area contributed by atoms with Gasteiger partial charge in [-0.3, -0.25) is 9.59 Å². The first-order valence-corrected chi connectivity index (χ1v) is 14.5. The van der Waals surface area contributed by atoms with Crippen molar-refractivity contribution in [3.8, 4) is 28.0 Å². The SMILES string of the molecule is COc1ccc2cccc(-c3c(C(=O)c4ccc(Br)cc4)[nH]c(N)c3C(=O)NCc3ccc(-c4ccccc4)cc3)c2c1. The summed E-state index contributed by atoms with van der Waals surface area (Å²) in [6, 6.07) is 36.7. The molecule has 0 saturated heterocycles. The third-order valence-corrected chi connectivity index (χ3v) is 7.99. The lowest BCUT2D eigenvalue weighted by Gasteiger charge is -2.13. The smallest absolute Gasteiger partial charge is 0.255 e. The maximum atomic E-state index is 13.9. The molecule has 5 aromatic carbocycles. The van der Waals surface area contributed by atoms with Gasteiger partial charge in [-0.25, -0.2) is 0 Å². The molecule has 6 nitrogen and oxygen atoms in total. The number of aromatic amines is 1. The molecule has 0 bridgehead atoms. The molecule has 4 N–H and O–H groups in total. The van der Waals surface area contributed by atoms with Crippen LogP contribution in [0.4, 0.5) is 5.82 Å². The van der Waals surface area contributed by atoms with Gasteiger partial charge in [-0.2, -0.15) is 0 Å². The number of rotatable bonds is 8. The number of hydrogen-bond donors (Lipinski definition) is 3. The highest BCUT2D eigenvalue weighted by Gasteiger charge is 2.28. The van der Waals surface area contributed by atoms with Gasteiger partial charge in [0, 0.05) is 22.1 Å². The second-order valence-corrected chi connectivity index (χ2v) is 11.1. The molecule has 0 aliphatic carbocycles. The molecule has 1 aromatic heterocycles. The predicted molar refractivity (Wildman–Crippen MR) is 175 cm³/mol. The number of anilines is 1. The van der Waals surface area contributed by atoms with Gasteiger partial charge in [-0.05, 0) is 69.4 Å². The van der Waals surface area contributed by atoms with E-state index in [9.17, 15) is 9.59 Å². The first-order valence-electron chi connectivity index (χ1n) is 13.7. The van der Waals surface area contributed by atoms with Crippen LogP contribution >= 0.6 is 15.9 Å². The van der Waals surface area contributed by atoms with Crippen molar-refractivity contribution in [2.24, 2.45) is 0 Å². The molecule has 43 heavy (non-hydrogen) atoms. The maximum absolute atomic E-state index is 13.9. The summed E-state index contributed by atoms with van der Waals surface area (Å²) in [5.41, 5.74) is 11.7. The van der Waals surface area contributed by atoms with Crippen molar-refractivity contribution in [1.29, 1.82) is 0 Å². The maximum Gasteiger partial charge on any atom is 0.255 e. The second kappa shape index (κ2) is 12.0. The van der Waals surface area contributed by atoms with Crippen LogP contribution in [0.1, 0.15) is 32.0 Å². The summed E-state index contributed by atoms with van der Waals surface area (Å²) in [6.07, 6.45) is 0. The molecule has 6 rings (SSSR count). The van der Waals surface area contributed by atoms with Crippen LogP contribution in [0.25, 0.3) is 33.0 Å². The van der Waals surface area contributed by atoms with Crippen molar-refractivity contribution >= 4 is 44.2 Å². The van der Waals surface area contributed by atoms with Gasteiger partial charge in [0.1, 0.15) is 11.6 Å². The van der Waals surface area contributed by atoms with Crippen LogP contribution in [-0.2, 0) is 6.54 Å². The van der Waals surface area contributed by atoms with E-state index in [0.717, 1.165) is 31.9 Å². The zero-order valence-electron chi connectivity index (χ0n) is 23.4. The fourth-order valence-electron chi connectivity index (χ4n) is 5.25. The number of fused-ring (bicyclic) bond motifs is 1. The van der Waals surface area contributed by atoms with Crippen LogP contribution in [0.3, 0.4) is 0 Å². The minimum absolute atomic E-state index is 0.118. The number of amides is 1. The molecule has 0 fully saturated rings. The summed E-state index contributed by atoms with van der Waals surface area (Å²) in [4.78, 5) is 30.8.